The van der Waals surface area contributed by atoms with Crippen LogP contribution in [0.5, 0.6) is 0 Å². The minimum absolute atomic E-state index is 0.310. The highest BCUT2D eigenvalue weighted by atomic mass is 32.1. The number of fused-ring (bicyclic) bond motifs is 1. The molecule has 0 amide bonds. The van der Waals surface area contributed by atoms with E-state index in [0.717, 1.165) is 48.7 Å². The maximum Gasteiger partial charge on any atom is 0.416 e. The van der Waals surface area contributed by atoms with Gasteiger partial charge >= 0.3 is 12.1 Å². The van der Waals surface area contributed by atoms with Crippen molar-refractivity contribution in [3.63, 3.8) is 0 Å². The van der Waals surface area contributed by atoms with E-state index in [1.54, 1.807) is 24.3 Å². The number of nitrogens with zero attached hydrogens (tertiary/aromatic N) is 2. The molecule has 34 heavy (non-hydrogen) atoms. The number of thiocarbonyl (C=S) groups is 1. The van der Waals surface area contributed by atoms with Gasteiger partial charge in [0.25, 0.3) is 0 Å². The van der Waals surface area contributed by atoms with Crippen molar-refractivity contribution >= 4 is 45.3 Å². The van der Waals surface area contributed by atoms with Gasteiger partial charge in [0, 0.05) is 36.7 Å². The van der Waals surface area contributed by atoms with Crippen molar-refractivity contribution in [3.8, 4) is 0 Å². The highest BCUT2D eigenvalue weighted by Gasteiger charge is 2.31. The van der Waals surface area contributed by atoms with Gasteiger partial charge < -0.3 is 19.9 Å². The lowest BCUT2D eigenvalue weighted by atomic mass is 10.1. The van der Waals surface area contributed by atoms with Gasteiger partial charge in [0.2, 0.25) is 0 Å². The van der Waals surface area contributed by atoms with Crippen LogP contribution < -0.4 is 10.2 Å². The van der Waals surface area contributed by atoms with Gasteiger partial charge in [-0.3, -0.25) is 0 Å². The summed E-state index contributed by atoms with van der Waals surface area (Å²) in [7, 11) is 0. The molecule has 1 aromatic carbocycles. The van der Waals surface area contributed by atoms with Gasteiger partial charge in [0.05, 0.1) is 17.7 Å². The largest absolute Gasteiger partial charge is 0.462 e. The van der Waals surface area contributed by atoms with Crippen molar-refractivity contribution in [1.82, 2.24) is 4.90 Å². The fourth-order valence-electron chi connectivity index (χ4n) is 4.47. The van der Waals surface area contributed by atoms with Gasteiger partial charge in [0.15, 0.2) is 5.11 Å². The van der Waals surface area contributed by atoms with Crippen molar-refractivity contribution in [1.29, 1.82) is 0 Å². The first-order chi connectivity index (χ1) is 16.3. The third-order valence-corrected chi connectivity index (χ3v) is 7.79. The zero-order valence-electron chi connectivity index (χ0n) is 19.0. The number of esters is 1. The molecule has 1 aliphatic carbocycles. The van der Waals surface area contributed by atoms with Crippen molar-refractivity contribution in [2.24, 2.45) is 0 Å². The number of hydrogen-bond donors (Lipinski definition) is 1. The molecule has 2 aliphatic rings. The second-order valence-corrected chi connectivity index (χ2v) is 9.93. The lowest BCUT2D eigenvalue weighted by Crippen LogP contribution is -2.50. The topological polar surface area (TPSA) is 44.8 Å². The Morgan fingerprint density at radius 3 is 2.59 bits per heavy atom. The molecule has 0 atom stereocenters. The standard InChI is InChI=1S/C24H28F3N3O2S2/c1-2-32-22(31)20-18-9-4-3-5-10-19(18)34-21(20)28-23(33)30-13-11-29(12-14-30)17-8-6-7-16(15-17)24(25,26)27/h6-8,15H,2-5,9-14H2,1H3,(H,28,33). The summed E-state index contributed by atoms with van der Waals surface area (Å²) in [5, 5.41) is 4.54. The maximum absolute atomic E-state index is 13.1. The first-order valence-corrected chi connectivity index (χ1v) is 12.8. The molecule has 0 bridgehead atoms. The molecular weight excluding hydrogens is 483 g/mol. The molecule has 0 radical (unpaired) electrons. The van der Waals surface area contributed by atoms with Gasteiger partial charge in [0.1, 0.15) is 5.00 Å². The molecule has 0 unspecified atom stereocenters. The van der Waals surface area contributed by atoms with E-state index in [1.165, 1.54) is 17.0 Å². The molecule has 2 aromatic rings. The van der Waals surface area contributed by atoms with E-state index in [0.29, 0.717) is 49.1 Å². The van der Waals surface area contributed by atoms with Crippen molar-refractivity contribution < 1.29 is 22.7 Å². The Bertz CT molecular complexity index is 1050. The van der Waals surface area contributed by atoms with Crippen molar-refractivity contribution in [3.05, 3.63) is 45.8 Å². The number of thiophene rings is 1. The van der Waals surface area contributed by atoms with E-state index < -0.39 is 11.7 Å². The van der Waals surface area contributed by atoms with Crippen LogP contribution in [0.1, 0.15) is 52.5 Å². The SMILES string of the molecule is CCOC(=O)c1c(NC(=S)N2CCN(c3cccc(C(F)(F)F)c3)CC2)sc2c1CCCCC2. The number of rotatable bonds is 4. The van der Waals surface area contributed by atoms with Crippen LogP contribution in [-0.4, -0.2) is 48.8 Å². The number of ether oxygens (including phenoxy) is 1. The molecule has 1 aromatic heterocycles. The van der Waals surface area contributed by atoms with Crippen molar-refractivity contribution in [2.45, 2.75) is 45.2 Å². The van der Waals surface area contributed by atoms with E-state index in [4.69, 9.17) is 17.0 Å². The summed E-state index contributed by atoms with van der Waals surface area (Å²) in [6, 6.07) is 5.42. The summed E-state index contributed by atoms with van der Waals surface area (Å²) < 4.78 is 44.6. The number of anilines is 2. The van der Waals surface area contributed by atoms with E-state index in [2.05, 4.69) is 5.32 Å². The normalized spacial score (nSPS) is 16.6. The molecule has 0 saturated carbocycles. The Labute approximate surface area is 206 Å². The smallest absolute Gasteiger partial charge is 0.416 e. The molecule has 1 saturated heterocycles. The summed E-state index contributed by atoms with van der Waals surface area (Å²) in [4.78, 5) is 17.9. The molecule has 2 heterocycles. The molecule has 0 spiro atoms. The Balaban J connectivity index is 1.44. The zero-order valence-corrected chi connectivity index (χ0v) is 20.7. The van der Waals surface area contributed by atoms with Crippen LogP contribution in [0.3, 0.4) is 0 Å². The van der Waals surface area contributed by atoms with Crippen molar-refractivity contribution in [2.75, 3.05) is 43.0 Å². The van der Waals surface area contributed by atoms with E-state index in [9.17, 15) is 18.0 Å². The van der Waals surface area contributed by atoms with Crippen LogP contribution in [0.15, 0.2) is 24.3 Å². The van der Waals surface area contributed by atoms with Gasteiger partial charge in [-0.2, -0.15) is 13.2 Å². The lowest BCUT2D eigenvalue weighted by molar-refractivity contribution is -0.137. The first kappa shape index (κ1) is 24.8. The van der Waals surface area contributed by atoms with Crippen LogP contribution in [-0.2, 0) is 23.8 Å². The number of piperazine rings is 1. The van der Waals surface area contributed by atoms with Crippen LogP contribution in [0, 0.1) is 0 Å². The maximum atomic E-state index is 13.1. The number of nitrogens with one attached hydrogen (secondary N) is 1. The molecule has 4 rings (SSSR count). The fourth-order valence-corrected chi connectivity index (χ4v) is 6.10. The lowest BCUT2D eigenvalue weighted by Gasteiger charge is -2.37. The number of aryl methyl sites for hydroxylation is 1. The fraction of sp³-hybridized carbons (Fsp3) is 0.500. The molecule has 184 valence electrons. The minimum Gasteiger partial charge on any atom is -0.462 e. The predicted octanol–water partition coefficient (Wildman–Crippen LogP) is 5.73. The summed E-state index contributed by atoms with van der Waals surface area (Å²) in [5.74, 6) is -0.318. The molecule has 1 fully saturated rings. The summed E-state index contributed by atoms with van der Waals surface area (Å²) in [6.45, 7) is 4.35. The monoisotopic (exact) mass is 511 g/mol. The molecular formula is C24H28F3N3O2S2. The van der Waals surface area contributed by atoms with E-state index in [-0.39, 0.29) is 5.97 Å². The van der Waals surface area contributed by atoms with Gasteiger partial charge in [-0.05, 0) is 68.6 Å². The minimum atomic E-state index is -4.36. The quantitative estimate of drug-likeness (QED) is 0.321. The number of benzene rings is 1. The van der Waals surface area contributed by atoms with Gasteiger partial charge in [-0.15, -0.1) is 11.3 Å². The van der Waals surface area contributed by atoms with E-state index >= 15 is 0 Å². The number of halogens is 3. The van der Waals surface area contributed by atoms with Crippen LogP contribution in [0.2, 0.25) is 0 Å². The average Bonchev–Trinajstić information content (AvgIpc) is 2.99. The zero-order chi connectivity index (χ0) is 24.3. The third kappa shape index (κ3) is 5.49. The Hall–Kier alpha value is -2.33. The molecule has 10 heteroatoms. The second-order valence-electron chi connectivity index (χ2n) is 8.44. The number of hydrogen-bond acceptors (Lipinski definition) is 5. The summed E-state index contributed by atoms with van der Waals surface area (Å²) in [5.41, 5.74) is 1.60. The second kappa shape index (κ2) is 10.5. The summed E-state index contributed by atoms with van der Waals surface area (Å²) in [6.07, 6.45) is 0.773. The Morgan fingerprint density at radius 2 is 1.88 bits per heavy atom. The van der Waals surface area contributed by atoms with Gasteiger partial charge in [-0.1, -0.05) is 12.5 Å². The molecule has 1 N–H and O–H groups in total. The first-order valence-electron chi connectivity index (χ1n) is 11.6. The number of carbonyl (C=O) groups excluding carboxylic acids is 1. The highest BCUT2D eigenvalue weighted by Crippen LogP contribution is 2.38. The van der Waals surface area contributed by atoms with Crippen LogP contribution in [0.25, 0.3) is 0 Å². The third-order valence-electron chi connectivity index (χ3n) is 6.23. The summed E-state index contributed by atoms with van der Waals surface area (Å²) >= 11 is 7.24. The molecule has 5 nitrogen and oxygen atoms in total. The van der Waals surface area contributed by atoms with Gasteiger partial charge in [-0.25, -0.2) is 4.79 Å². The molecule has 1 aliphatic heterocycles. The average molecular weight is 512 g/mol. The highest BCUT2D eigenvalue weighted by molar-refractivity contribution is 7.80. The van der Waals surface area contributed by atoms with Crippen LogP contribution in [0.4, 0.5) is 23.9 Å². The Morgan fingerprint density at radius 1 is 1.15 bits per heavy atom. The Kier molecular flexibility index (Phi) is 7.67. The van der Waals surface area contributed by atoms with E-state index in [1.807, 2.05) is 9.80 Å². The van der Waals surface area contributed by atoms with Crippen LogP contribution >= 0.6 is 23.6 Å². The number of carbonyl (C=O) groups is 1. The number of alkyl halides is 3. The predicted molar refractivity (Wildman–Crippen MR) is 133 cm³/mol.